The van der Waals surface area contributed by atoms with Crippen LogP contribution < -0.4 is 10.2 Å². The highest BCUT2D eigenvalue weighted by molar-refractivity contribution is 7.17. The van der Waals surface area contributed by atoms with E-state index >= 15 is 0 Å². The molecule has 1 aliphatic heterocycles. The van der Waals surface area contributed by atoms with Crippen LogP contribution in [0.25, 0.3) is 11.1 Å². The Kier molecular flexibility index (Phi) is 6.14. The summed E-state index contributed by atoms with van der Waals surface area (Å²) in [5.74, 6) is -2.55. The number of hydrogen-bond donors (Lipinski definition) is 1. The minimum absolute atomic E-state index is 0.154. The number of ether oxygens (including phenoxy) is 1. The maximum atomic E-state index is 13.5. The molecule has 9 heteroatoms. The number of carbonyl (C=O) groups excluding carboxylic acids is 4. The van der Waals surface area contributed by atoms with Crippen molar-refractivity contribution < 1.29 is 28.3 Å². The molecule has 37 heavy (non-hydrogen) atoms. The van der Waals surface area contributed by atoms with E-state index < -0.39 is 29.5 Å². The van der Waals surface area contributed by atoms with Crippen molar-refractivity contribution in [3.8, 4) is 11.1 Å². The molecule has 184 valence electrons. The molecule has 7 nitrogen and oxygen atoms in total. The second-order valence-electron chi connectivity index (χ2n) is 8.23. The van der Waals surface area contributed by atoms with Crippen LogP contribution in [0.1, 0.15) is 46.3 Å². The number of hydrogen-bond acceptors (Lipinski definition) is 6. The second kappa shape index (κ2) is 9.44. The summed E-state index contributed by atoms with van der Waals surface area (Å²) in [6, 6.07) is 18.3. The summed E-state index contributed by atoms with van der Waals surface area (Å²) in [7, 11) is 1.24. The Bertz CT molecular complexity index is 1560. The largest absolute Gasteiger partial charge is 0.465 e. The van der Waals surface area contributed by atoms with Crippen molar-refractivity contribution >= 4 is 45.7 Å². The number of benzene rings is 3. The Hall–Kier alpha value is -4.63. The van der Waals surface area contributed by atoms with Crippen LogP contribution in [0.4, 0.5) is 15.1 Å². The fourth-order valence-corrected chi connectivity index (χ4v) is 5.34. The van der Waals surface area contributed by atoms with Gasteiger partial charge in [0.25, 0.3) is 17.7 Å². The number of amides is 3. The molecule has 0 unspecified atom stereocenters. The number of anilines is 2. The van der Waals surface area contributed by atoms with Crippen LogP contribution in [0, 0.1) is 12.7 Å². The van der Waals surface area contributed by atoms with Crippen LogP contribution in [-0.2, 0) is 4.74 Å². The van der Waals surface area contributed by atoms with Crippen molar-refractivity contribution in [2.75, 3.05) is 17.3 Å². The highest BCUT2D eigenvalue weighted by Crippen LogP contribution is 2.40. The SMILES string of the molecule is COC(=O)c1c(NC(=O)c2cccc(N3C(=O)c4ccccc4C3=O)c2)sc(C)c1-c1ccc(F)cc1. The zero-order valence-electron chi connectivity index (χ0n) is 19.7. The molecule has 0 saturated heterocycles. The van der Waals surface area contributed by atoms with Crippen molar-refractivity contribution in [2.45, 2.75) is 6.92 Å². The normalized spacial score (nSPS) is 12.5. The highest BCUT2D eigenvalue weighted by Gasteiger charge is 2.36. The van der Waals surface area contributed by atoms with Crippen molar-refractivity contribution in [3.05, 3.63) is 106 Å². The van der Waals surface area contributed by atoms with Gasteiger partial charge in [0.1, 0.15) is 16.4 Å². The van der Waals surface area contributed by atoms with Gasteiger partial charge in [-0.3, -0.25) is 14.4 Å². The van der Waals surface area contributed by atoms with Crippen molar-refractivity contribution in [1.29, 1.82) is 0 Å². The number of halogens is 1. The predicted octanol–water partition coefficient (Wildman–Crippen LogP) is 5.70. The van der Waals surface area contributed by atoms with Crippen LogP contribution in [0.3, 0.4) is 0 Å². The molecule has 0 atom stereocenters. The van der Waals surface area contributed by atoms with E-state index in [0.29, 0.717) is 22.3 Å². The van der Waals surface area contributed by atoms with Gasteiger partial charge < -0.3 is 10.1 Å². The molecule has 0 aliphatic carbocycles. The molecule has 0 saturated carbocycles. The number of carbonyl (C=O) groups is 4. The molecule has 1 N–H and O–H groups in total. The van der Waals surface area contributed by atoms with E-state index in [1.807, 2.05) is 0 Å². The summed E-state index contributed by atoms with van der Waals surface area (Å²) in [5, 5.41) is 3.02. The third-order valence-corrected chi connectivity index (χ3v) is 7.01. The predicted molar refractivity (Wildman–Crippen MR) is 138 cm³/mol. The molecule has 0 fully saturated rings. The fraction of sp³-hybridized carbons (Fsp3) is 0.0714. The summed E-state index contributed by atoms with van der Waals surface area (Å²) in [4.78, 5) is 53.4. The zero-order valence-corrected chi connectivity index (χ0v) is 20.5. The molecule has 1 aliphatic rings. The lowest BCUT2D eigenvalue weighted by Crippen LogP contribution is -2.29. The van der Waals surface area contributed by atoms with Crippen LogP contribution in [0.2, 0.25) is 0 Å². The number of methoxy groups -OCH3 is 1. The van der Waals surface area contributed by atoms with E-state index in [-0.39, 0.29) is 21.8 Å². The van der Waals surface area contributed by atoms with Gasteiger partial charge in [0, 0.05) is 16.0 Å². The third-order valence-electron chi connectivity index (χ3n) is 5.99. The van der Waals surface area contributed by atoms with E-state index in [2.05, 4.69) is 5.32 Å². The first kappa shape index (κ1) is 24.1. The monoisotopic (exact) mass is 514 g/mol. The van der Waals surface area contributed by atoms with Crippen LogP contribution in [0.5, 0.6) is 0 Å². The van der Waals surface area contributed by atoms with E-state index in [9.17, 15) is 23.6 Å². The molecule has 2 heterocycles. The van der Waals surface area contributed by atoms with Gasteiger partial charge >= 0.3 is 5.97 Å². The molecular weight excluding hydrogens is 495 g/mol. The van der Waals surface area contributed by atoms with Crippen molar-refractivity contribution in [1.82, 2.24) is 0 Å². The number of fused-ring (bicyclic) bond motifs is 1. The summed E-state index contributed by atoms with van der Waals surface area (Å²) < 4.78 is 18.4. The highest BCUT2D eigenvalue weighted by atomic mass is 32.1. The number of esters is 1. The van der Waals surface area contributed by atoms with Crippen LogP contribution in [0.15, 0.2) is 72.8 Å². The van der Waals surface area contributed by atoms with Gasteiger partial charge in [-0.05, 0) is 55.0 Å². The lowest BCUT2D eigenvalue weighted by molar-refractivity contribution is 0.0603. The molecule has 0 spiro atoms. The molecule has 1 aromatic heterocycles. The lowest BCUT2D eigenvalue weighted by Gasteiger charge is -2.15. The Balaban J connectivity index is 1.48. The van der Waals surface area contributed by atoms with E-state index in [4.69, 9.17) is 4.74 Å². The van der Waals surface area contributed by atoms with Gasteiger partial charge in [-0.25, -0.2) is 14.1 Å². The first-order valence-corrected chi connectivity index (χ1v) is 12.0. The Morgan fingerprint density at radius 3 is 2.19 bits per heavy atom. The molecule has 0 bridgehead atoms. The molecule has 3 aromatic carbocycles. The minimum Gasteiger partial charge on any atom is -0.465 e. The fourth-order valence-electron chi connectivity index (χ4n) is 4.28. The quantitative estimate of drug-likeness (QED) is 0.272. The number of rotatable bonds is 5. The summed E-state index contributed by atoms with van der Waals surface area (Å²) >= 11 is 1.18. The van der Waals surface area contributed by atoms with Crippen molar-refractivity contribution in [2.24, 2.45) is 0 Å². The molecule has 3 amide bonds. The van der Waals surface area contributed by atoms with E-state index in [1.165, 1.54) is 42.7 Å². The molecule has 5 rings (SSSR count). The Morgan fingerprint density at radius 1 is 0.919 bits per heavy atom. The average Bonchev–Trinajstić information content (AvgIpc) is 3.36. The third kappa shape index (κ3) is 4.19. The summed E-state index contributed by atoms with van der Waals surface area (Å²) in [6.07, 6.45) is 0. The summed E-state index contributed by atoms with van der Waals surface area (Å²) in [6.45, 7) is 1.79. The number of nitrogens with zero attached hydrogens (tertiary/aromatic N) is 1. The number of thiophene rings is 1. The van der Waals surface area contributed by atoms with Crippen molar-refractivity contribution in [3.63, 3.8) is 0 Å². The van der Waals surface area contributed by atoms with Gasteiger partial charge in [-0.1, -0.05) is 30.3 Å². The first-order chi connectivity index (χ1) is 17.8. The summed E-state index contributed by atoms with van der Waals surface area (Å²) in [5.41, 5.74) is 2.32. The van der Waals surface area contributed by atoms with Crippen LogP contribution in [-0.4, -0.2) is 30.8 Å². The standard InChI is InChI=1S/C28H19FN2O5S/c1-15-22(16-10-12-18(29)13-11-16)23(28(35)36-2)25(37-15)30-24(32)17-6-5-7-19(14-17)31-26(33)20-8-3-4-9-21(20)27(31)34/h3-14H,1-2H3,(H,30,32). The van der Waals surface area contributed by atoms with Gasteiger partial charge in [-0.15, -0.1) is 11.3 Å². The Morgan fingerprint density at radius 2 is 1.57 bits per heavy atom. The lowest BCUT2D eigenvalue weighted by atomic mass is 10.0. The van der Waals surface area contributed by atoms with Gasteiger partial charge in [0.2, 0.25) is 0 Å². The number of nitrogens with one attached hydrogen (secondary N) is 1. The maximum Gasteiger partial charge on any atom is 0.341 e. The van der Waals surface area contributed by atoms with Gasteiger partial charge in [0.15, 0.2) is 0 Å². The molecular formula is C28H19FN2O5S. The average molecular weight is 515 g/mol. The van der Waals surface area contributed by atoms with Gasteiger partial charge in [-0.2, -0.15) is 0 Å². The number of aryl methyl sites for hydroxylation is 1. The first-order valence-electron chi connectivity index (χ1n) is 11.2. The number of imide groups is 1. The van der Waals surface area contributed by atoms with E-state index in [0.717, 1.165) is 9.78 Å². The topological polar surface area (TPSA) is 92.8 Å². The molecule has 4 aromatic rings. The smallest absolute Gasteiger partial charge is 0.341 e. The van der Waals surface area contributed by atoms with Crippen LogP contribution >= 0.6 is 11.3 Å². The van der Waals surface area contributed by atoms with E-state index in [1.54, 1.807) is 55.5 Å². The Labute approximate surface area is 215 Å². The van der Waals surface area contributed by atoms with Gasteiger partial charge in [0.05, 0.1) is 23.9 Å². The maximum absolute atomic E-state index is 13.5. The molecule has 0 radical (unpaired) electrons. The second-order valence-corrected chi connectivity index (χ2v) is 9.46. The zero-order chi connectivity index (χ0) is 26.3. The minimum atomic E-state index is -0.654.